The highest BCUT2D eigenvalue weighted by Crippen LogP contribution is 2.35. The number of piperidine rings is 1. The van der Waals surface area contributed by atoms with E-state index in [-0.39, 0.29) is 25.1 Å². The summed E-state index contributed by atoms with van der Waals surface area (Å²) in [5.41, 5.74) is 4.40. The maximum atomic E-state index is 12.7. The molecule has 1 saturated heterocycles. The van der Waals surface area contributed by atoms with Gasteiger partial charge in [0.2, 0.25) is 0 Å². The summed E-state index contributed by atoms with van der Waals surface area (Å²) in [4.78, 5) is 30.0. The lowest BCUT2D eigenvalue weighted by Gasteiger charge is -2.41. The van der Waals surface area contributed by atoms with E-state index in [1.165, 1.54) is 4.90 Å². The molecule has 0 saturated carbocycles. The molecular weight excluding hydrogens is 578 g/mol. The van der Waals surface area contributed by atoms with E-state index in [4.69, 9.17) is 9.84 Å². The highest BCUT2D eigenvalue weighted by atomic mass is 79.9. The summed E-state index contributed by atoms with van der Waals surface area (Å²) in [6, 6.07) is 15.6. The number of rotatable bonds is 6. The largest absolute Gasteiger partial charge is 0.482 e. The van der Waals surface area contributed by atoms with E-state index in [0.717, 1.165) is 64.4 Å². The van der Waals surface area contributed by atoms with Crippen LogP contribution in [0, 0.1) is 0 Å². The summed E-state index contributed by atoms with van der Waals surface area (Å²) in [7, 11) is 0. The van der Waals surface area contributed by atoms with Crippen molar-refractivity contribution in [2.75, 3.05) is 37.7 Å². The van der Waals surface area contributed by atoms with E-state index >= 15 is 0 Å². The second-order valence-corrected chi connectivity index (χ2v) is 11.5. The number of halogens is 1. The number of hydrogen-bond donors (Lipinski definition) is 2. The zero-order valence-electron chi connectivity index (χ0n) is 22.1. The Hall–Kier alpha value is -3.41. The highest BCUT2D eigenvalue weighted by Gasteiger charge is 2.34. The number of amides is 2. The van der Waals surface area contributed by atoms with Crippen LogP contribution < -0.4 is 9.64 Å². The van der Waals surface area contributed by atoms with Gasteiger partial charge in [0.15, 0.2) is 6.61 Å². The van der Waals surface area contributed by atoms with E-state index in [2.05, 4.69) is 20.8 Å². The highest BCUT2D eigenvalue weighted by molar-refractivity contribution is 9.10. The summed E-state index contributed by atoms with van der Waals surface area (Å²) >= 11 is 3.47. The number of carbonyl (C=O) groups excluding carboxylic acids is 1. The number of aliphatic hydroxyl groups excluding tert-OH is 1. The van der Waals surface area contributed by atoms with E-state index in [9.17, 15) is 19.8 Å². The third kappa shape index (κ3) is 5.33. The van der Waals surface area contributed by atoms with Crippen LogP contribution in [0.5, 0.6) is 5.75 Å². The van der Waals surface area contributed by atoms with Gasteiger partial charge in [-0.1, -0.05) is 40.2 Å². The summed E-state index contributed by atoms with van der Waals surface area (Å²) in [5, 5.41) is 25.6. The molecule has 2 N–H and O–H groups in total. The number of anilines is 1. The van der Waals surface area contributed by atoms with Crippen molar-refractivity contribution in [3.8, 4) is 17.0 Å². The SMILES string of the molecule is O=C(O)N1CCc2c(c(-c3ccc(Br)cc3)nn2CC(O)CN2CCC(N3C(=O)COc4ccccc43)CC2)C1. The molecule has 210 valence electrons. The molecule has 1 aromatic heterocycles. The number of ether oxygens (including phenoxy) is 1. The fraction of sp³-hybridized carbons (Fsp3) is 0.414. The molecule has 2 amide bonds. The van der Waals surface area contributed by atoms with E-state index in [1.807, 2.05) is 58.1 Å². The summed E-state index contributed by atoms with van der Waals surface area (Å²) in [6.07, 6.45) is 0.622. The van der Waals surface area contributed by atoms with Crippen molar-refractivity contribution >= 4 is 33.6 Å². The first-order valence-electron chi connectivity index (χ1n) is 13.6. The van der Waals surface area contributed by atoms with Gasteiger partial charge in [-0.15, -0.1) is 0 Å². The number of nitrogens with zero attached hydrogens (tertiary/aromatic N) is 5. The van der Waals surface area contributed by atoms with Gasteiger partial charge in [-0.3, -0.25) is 9.48 Å². The van der Waals surface area contributed by atoms with Crippen LogP contribution in [0.3, 0.4) is 0 Å². The topological polar surface area (TPSA) is 111 Å². The fourth-order valence-electron chi connectivity index (χ4n) is 6.08. The van der Waals surface area contributed by atoms with Gasteiger partial charge in [-0.05, 0) is 37.1 Å². The third-order valence-electron chi connectivity index (χ3n) is 8.04. The molecule has 40 heavy (non-hydrogen) atoms. The van der Waals surface area contributed by atoms with Crippen LogP contribution in [0.4, 0.5) is 10.5 Å². The second kappa shape index (κ2) is 11.2. The van der Waals surface area contributed by atoms with Crippen LogP contribution in [0.25, 0.3) is 11.3 Å². The average Bonchev–Trinajstić information content (AvgIpc) is 3.31. The number of aliphatic hydroxyl groups is 1. The Bertz CT molecular complexity index is 1400. The molecule has 0 radical (unpaired) electrons. The Kier molecular flexibility index (Phi) is 7.52. The maximum absolute atomic E-state index is 12.7. The summed E-state index contributed by atoms with van der Waals surface area (Å²) < 4.78 is 8.43. The lowest BCUT2D eigenvalue weighted by Crippen LogP contribution is -2.51. The number of β-amino-alcohol motifs (C(OH)–C–C–N with tert-alkyl or cyclic N) is 1. The lowest BCUT2D eigenvalue weighted by atomic mass is 10.0. The molecule has 3 aromatic rings. The second-order valence-electron chi connectivity index (χ2n) is 10.6. The molecule has 10 nitrogen and oxygen atoms in total. The molecule has 3 aliphatic heterocycles. The van der Waals surface area contributed by atoms with Crippen LogP contribution in [0.2, 0.25) is 0 Å². The van der Waals surface area contributed by atoms with Gasteiger partial charge in [0.05, 0.1) is 30.6 Å². The number of hydrogen-bond acceptors (Lipinski definition) is 6. The van der Waals surface area contributed by atoms with Gasteiger partial charge in [0.1, 0.15) is 5.75 Å². The van der Waals surface area contributed by atoms with E-state index in [1.54, 1.807) is 0 Å². The van der Waals surface area contributed by atoms with Crippen LogP contribution in [-0.2, 0) is 24.3 Å². The van der Waals surface area contributed by atoms with Gasteiger partial charge < -0.3 is 29.6 Å². The number of fused-ring (bicyclic) bond motifs is 2. The van der Waals surface area contributed by atoms with E-state index < -0.39 is 12.2 Å². The number of aromatic nitrogens is 2. The van der Waals surface area contributed by atoms with Gasteiger partial charge in [0.25, 0.3) is 5.91 Å². The van der Waals surface area contributed by atoms with Crippen molar-refractivity contribution in [3.63, 3.8) is 0 Å². The van der Waals surface area contributed by atoms with Crippen molar-refractivity contribution in [2.24, 2.45) is 0 Å². The molecule has 1 unspecified atom stereocenters. The summed E-state index contributed by atoms with van der Waals surface area (Å²) in [5.74, 6) is 0.736. The molecule has 0 aliphatic carbocycles. The quantitative estimate of drug-likeness (QED) is 0.439. The first kappa shape index (κ1) is 26.8. The van der Waals surface area contributed by atoms with Gasteiger partial charge >= 0.3 is 6.09 Å². The first-order chi connectivity index (χ1) is 19.4. The van der Waals surface area contributed by atoms with Crippen molar-refractivity contribution < 1.29 is 24.5 Å². The number of carboxylic acid groups (broad SMARTS) is 1. The average molecular weight is 611 g/mol. The van der Waals surface area contributed by atoms with Crippen LogP contribution in [0.15, 0.2) is 53.0 Å². The molecule has 1 fully saturated rings. The zero-order valence-corrected chi connectivity index (χ0v) is 23.7. The smallest absolute Gasteiger partial charge is 0.407 e. The van der Waals surface area contributed by atoms with Crippen molar-refractivity contribution in [2.45, 2.75) is 44.5 Å². The standard InChI is InChI=1S/C29H32BrN5O5/c30-20-7-5-19(6-8-20)28-23-17-33(29(38)39)14-11-24(23)34(31-28)16-22(36)15-32-12-9-21(10-13-32)35-25-3-1-2-4-26(25)40-18-27(35)37/h1-8,21-22,36H,9-18H2,(H,38,39). The molecule has 2 aromatic carbocycles. The Morgan fingerprint density at radius 3 is 2.58 bits per heavy atom. The predicted octanol–water partition coefficient (Wildman–Crippen LogP) is 3.60. The van der Waals surface area contributed by atoms with E-state index in [0.29, 0.717) is 26.1 Å². The van der Waals surface area contributed by atoms with Gasteiger partial charge in [-0.2, -0.15) is 5.10 Å². The number of benzene rings is 2. The van der Waals surface area contributed by atoms with Crippen molar-refractivity contribution in [1.29, 1.82) is 0 Å². The Labute approximate surface area is 240 Å². The van der Waals surface area contributed by atoms with Crippen LogP contribution >= 0.6 is 15.9 Å². The Morgan fingerprint density at radius 1 is 1.07 bits per heavy atom. The maximum Gasteiger partial charge on any atom is 0.407 e. The summed E-state index contributed by atoms with van der Waals surface area (Å²) in [6.45, 7) is 3.15. The molecule has 11 heteroatoms. The Morgan fingerprint density at radius 2 is 1.82 bits per heavy atom. The number of para-hydroxylation sites is 2. The molecule has 4 heterocycles. The third-order valence-corrected chi connectivity index (χ3v) is 8.57. The van der Waals surface area contributed by atoms with Crippen LogP contribution in [0.1, 0.15) is 24.1 Å². The molecule has 0 bridgehead atoms. The zero-order chi connectivity index (χ0) is 27.8. The fourth-order valence-corrected chi connectivity index (χ4v) is 6.35. The molecule has 6 rings (SSSR count). The normalized spacial score (nSPS) is 18.7. The van der Waals surface area contributed by atoms with Gasteiger partial charge in [-0.25, -0.2) is 4.79 Å². The molecular formula is C29H32BrN5O5. The lowest BCUT2D eigenvalue weighted by molar-refractivity contribution is -0.122. The minimum Gasteiger partial charge on any atom is -0.482 e. The number of carbonyl (C=O) groups is 2. The molecule has 1 atom stereocenters. The van der Waals surface area contributed by atoms with Crippen LogP contribution in [-0.4, -0.2) is 86.7 Å². The van der Waals surface area contributed by atoms with Crippen molar-refractivity contribution in [3.05, 3.63) is 64.3 Å². The minimum absolute atomic E-state index is 0.0105. The van der Waals surface area contributed by atoms with Crippen molar-refractivity contribution in [1.82, 2.24) is 19.6 Å². The Balaban J connectivity index is 1.12. The number of likely N-dealkylation sites (tertiary alicyclic amines) is 1. The molecule has 3 aliphatic rings. The monoisotopic (exact) mass is 609 g/mol. The predicted molar refractivity (Wildman–Crippen MR) is 152 cm³/mol. The van der Waals surface area contributed by atoms with Gasteiger partial charge in [0, 0.05) is 59.9 Å². The molecule has 0 spiro atoms. The minimum atomic E-state index is -0.939. The first-order valence-corrected chi connectivity index (χ1v) is 14.4.